The van der Waals surface area contributed by atoms with Crippen LogP contribution in [-0.4, -0.2) is 53.3 Å². The molecule has 0 spiro atoms. The maximum Gasteiger partial charge on any atom is 0.232 e. The molecule has 1 aliphatic heterocycles. The Kier molecular flexibility index (Phi) is 4.41. The molecule has 0 atom stereocenters. The first-order chi connectivity index (χ1) is 10.3. The number of ether oxygens (including phenoxy) is 1. The quantitative estimate of drug-likeness (QED) is 0.839. The lowest BCUT2D eigenvalue weighted by atomic mass is 10.4. The molecule has 21 heavy (non-hydrogen) atoms. The van der Waals surface area contributed by atoms with Gasteiger partial charge in [0.25, 0.3) is 0 Å². The summed E-state index contributed by atoms with van der Waals surface area (Å²) >= 11 is 1.60. The zero-order valence-electron chi connectivity index (χ0n) is 11.7. The summed E-state index contributed by atoms with van der Waals surface area (Å²) < 4.78 is 5.35. The van der Waals surface area contributed by atoms with Gasteiger partial charge in [0, 0.05) is 31.2 Å². The van der Waals surface area contributed by atoms with Crippen LogP contribution in [0.1, 0.15) is 4.88 Å². The van der Waals surface area contributed by atoms with E-state index in [1.165, 1.54) is 0 Å². The van der Waals surface area contributed by atoms with E-state index in [-0.39, 0.29) is 0 Å². The van der Waals surface area contributed by atoms with Gasteiger partial charge in [-0.05, 0) is 0 Å². The van der Waals surface area contributed by atoms with E-state index in [0.717, 1.165) is 18.0 Å². The highest BCUT2D eigenvalue weighted by atomic mass is 32.1. The fourth-order valence-electron chi connectivity index (χ4n) is 1.96. The van der Waals surface area contributed by atoms with Gasteiger partial charge in [0.1, 0.15) is 0 Å². The van der Waals surface area contributed by atoms with Crippen LogP contribution in [0, 0.1) is 0 Å². The summed E-state index contributed by atoms with van der Waals surface area (Å²) in [7, 11) is 1.80. The Morgan fingerprint density at radius 3 is 2.76 bits per heavy atom. The molecule has 3 rings (SSSR count). The molecule has 0 unspecified atom stereocenters. The number of hydrogen-bond donors (Lipinski definition) is 2. The summed E-state index contributed by atoms with van der Waals surface area (Å²) in [6.07, 6.45) is 1.83. The molecule has 1 fully saturated rings. The van der Waals surface area contributed by atoms with Crippen molar-refractivity contribution >= 4 is 29.2 Å². The van der Waals surface area contributed by atoms with E-state index in [0.29, 0.717) is 37.6 Å². The van der Waals surface area contributed by atoms with Crippen molar-refractivity contribution in [3.8, 4) is 0 Å². The maximum absolute atomic E-state index is 5.35. The first-order valence-electron chi connectivity index (χ1n) is 6.73. The zero-order chi connectivity index (χ0) is 14.5. The topological polar surface area (TPSA) is 88.1 Å². The molecular formula is C12H17N7OS. The predicted octanol–water partition coefficient (Wildman–Crippen LogP) is 0.818. The Balaban J connectivity index is 1.75. The van der Waals surface area contributed by atoms with Crippen LogP contribution in [0.3, 0.4) is 0 Å². The van der Waals surface area contributed by atoms with Crippen LogP contribution in [0.25, 0.3) is 0 Å². The summed E-state index contributed by atoms with van der Waals surface area (Å²) in [5.41, 5.74) is 1.81. The van der Waals surface area contributed by atoms with E-state index in [1.54, 1.807) is 18.4 Å². The number of morpholine rings is 1. The second-order valence-corrected chi connectivity index (χ2v) is 5.42. The molecule has 0 amide bonds. The minimum absolute atomic E-state index is 0.554. The minimum Gasteiger partial charge on any atom is -0.378 e. The lowest BCUT2D eigenvalue weighted by Crippen LogP contribution is -2.37. The standard InChI is InChI=1S/C12H17N7OS/c1-13-10-16-11(15-7-9-6-14-8-21-9)18-12(17-10)19-2-4-20-5-3-19/h6,8H,2-5,7H2,1H3,(H2,13,15,16,17,18). The van der Waals surface area contributed by atoms with Crippen molar-refractivity contribution in [3.63, 3.8) is 0 Å². The zero-order valence-corrected chi connectivity index (χ0v) is 12.6. The van der Waals surface area contributed by atoms with Gasteiger partial charge in [-0.15, -0.1) is 11.3 Å². The van der Waals surface area contributed by atoms with Gasteiger partial charge in [-0.3, -0.25) is 4.98 Å². The molecule has 0 bridgehead atoms. The molecule has 0 radical (unpaired) electrons. The van der Waals surface area contributed by atoms with Crippen LogP contribution in [0.15, 0.2) is 11.7 Å². The van der Waals surface area contributed by atoms with Gasteiger partial charge >= 0.3 is 0 Å². The second kappa shape index (κ2) is 6.64. The minimum atomic E-state index is 0.554. The number of hydrogen-bond acceptors (Lipinski definition) is 9. The molecule has 1 aliphatic rings. The van der Waals surface area contributed by atoms with Gasteiger partial charge in [-0.25, -0.2) is 0 Å². The van der Waals surface area contributed by atoms with Gasteiger partial charge in [-0.1, -0.05) is 0 Å². The number of nitrogens with zero attached hydrogens (tertiary/aromatic N) is 5. The average molecular weight is 307 g/mol. The molecule has 3 heterocycles. The molecule has 9 heteroatoms. The third-order valence-electron chi connectivity index (χ3n) is 3.05. The van der Waals surface area contributed by atoms with Gasteiger partial charge in [0.2, 0.25) is 17.8 Å². The van der Waals surface area contributed by atoms with Crippen molar-refractivity contribution in [3.05, 3.63) is 16.6 Å². The fraction of sp³-hybridized carbons (Fsp3) is 0.500. The van der Waals surface area contributed by atoms with Crippen molar-refractivity contribution < 1.29 is 4.74 Å². The second-order valence-electron chi connectivity index (χ2n) is 4.45. The van der Waals surface area contributed by atoms with Crippen molar-refractivity contribution in [2.24, 2.45) is 0 Å². The Hall–Kier alpha value is -2.00. The third-order valence-corrected chi connectivity index (χ3v) is 3.82. The van der Waals surface area contributed by atoms with Gasteiger partial charge < -0.3 is 20.3 Å². The lowest BCUT2D eigenvalue weighted by molar-refractivity contribution is 0.122. The van der Waals surface area contributed by atoms with E-state index in [2.05, 4.69) is 35.5 Å². The number of nitrogens with one attached hydrogen (secondary N) is 2. The summed E-state index contributed by atoms with van der Waals surface area (Å²) in [4.78, 5) is 20.5. The molecule has 0 aliphatic carbocycles. The van der Waals surface area contributed by atoms with Crippen LogP contribution in [0.5, 0.6) is 0 Å². The van der Waals surface area contributed by atoms with Crippen LogP contribution >= 0.6 is 11.3 Å². The molecule has 0 aromatic carbocycles. The Morgan fingerprint density at radius 1 is 1.24 bits per heavy atom. The lowest BCUT2D eigenvalue weighted by Gasteiger charge is -2.27. The van der Waals surface area contributed by atoms with E-state index in [4.69, 9.17) is 4.74 Å². The number of thiazole rings is 1. The summed E-state index contributed by atoms with van der Waals surface area (Å²) in [5, 5.41) is 6.18. The van der Waals surface area contributed by atoms with E-state index in [1.807, 2.05) is 11.7 Å². The highest BCUT2D eigenvalue weighted by Gasteiger charge is 2.16. The van der Waals surface area contributed by atoms with Crippen molar-refractivity contribution in [2.75, 3.05) is 48.9 Å². The largest absolute Gasteiger partial charge is 0.378 e. The average Bonchev–Trinajstić information content (AvgIpc) is 3.07. The molecule has 2 aromatic heterocycles. The van der Waals surface area contributed by atoms with Crippen LogP contribution < -0.4 is 15.5 Å². The highest BCUT2D eigenvalue weighted by Crippen LogP contribution is 2.16. The van der Waals surface area contributed by atoms with E-state index >= 15 is 0 Å². The van der Waals surface area contributed by atoms with Gasteiger partial charge in [0.15, 0.2) is 0 Å². The molecule has 2 N–H and O–H groups in total. The smallest absolute Gasteiger partial charge is 0.232 e. The third kappa shape index (κ3) is 3.56. The van der Waals surface area contributed by atoms with Gasteiger partial charge in [0.05, 0.1) is 25.3 Å². The summed E-state index contributed by atoms with van der Waals surface area (Å²) in [6.45, 7) is 3.64. The molecule has 1 saturated heterocycles. The Labute approximate surface area is 126 Å². The molecular weight excluding hydrogens is 290 g/mol. The van der Waals surface area contributed by atoms with Crippen LogP contribution in [0.2, 0.25) is 0 Å². The van der Waals surface area contributed by atoms with E-state index < -0.39 is 0 Å². The first kappa shape index (κ1) is 14.0. The Morgan fingerprint density at radius 2 is 2.05 bits per heavy atom. The predicted molar refractivity (Wildman–Crippen MR) is 81.8 cm³/mol. The van der Waals surface area contributed by atoms with Crippen molar-refractivity contribution in [1.82, 2.24) is 19.9 Å². The van der Waals surface area contributed by atoms with Gasteiger partial charge in [-0.2, -0.15) is 15.0 Å². The van der Waals surface area contributed by atoms with E-state index in [9.17, 15) is 0 Å². The number of rotatable bonds is 5. The first-order valence-corrected chi connectivity index (χ1v) is 7.61. The monoisotopic (exact) mass is 307 g/mol. The molecule has 0 saturated carbocycles. The molecule has 2 aromatic rings. The molecule has 112 valence electrons. The van der Waals surface area contributed by atoms with Crippen LogP contribution in [0.4, 0.5) is 17.8 Å². The number of anilines is 3. The molecule has 8 nitrogen and oxygen atoms in total. The summed E-state index contributed by atoms with van der Waals surface area (Å²) in [5.74, 6) is 1.78. The maximum atomic E-state index is 5.35. The van der Waals surface area contributed by atoms with Crippen molar-refractivity contribution in [1.29, 1.82) is 0 Å². The Bertz CT molecular complexity index is 571. The fourth-order valence-corrected chi connectivity index (χ4v) is 2.49. The number of aromatic nitrogens is 4. The summed E-state index contributed by atoms with van der Waals surface area (Å²) in [6, 6.07) is 0. The highest BCUT2D eigenvalue weighted by molar-refractivity contribution is 7.09. The SMILES string of the molecule is CNc1nc(NCc2cncs2)nc(N2CCOCC2)n1. The van der Waals surface area contributed by atoms with Crippen molar-refractivity contribution in [2.45, 2.75) is 6.54 Å². The van der Waals surface area contributed by atoms with Crippen LogP contribution in [-0.2, 0) is 11.3 Å². The normalized spacial score (nSPS) is 15.0.